The van der Waals surface area contributed by atoms with Crippen LogP contribution >= 0.6 is 15.9 Å². The fraction of sp³-hybridized carbons (Fsp3) is 0.211. The van der Waals surface area contributed by atoms with Gasteiger partial charge in [-0.05, 0) is 49.2 Å². The average Bonchev–Trinajstić information content (AvgIpc) is 2.64. The van der Waals surface area contributed by atoms with Gasteiger partial charge in [0.25, 0.3) is 5.91 Å². The number of halogens is 1. The molecular formula is C19H18BrN3O3. The number of benzene rings is 2. The molecule has 2 aromatic rings. The molecule has 0 saturated heterocycles. The van der Waals surface area contributed by atoms with Gasteiger partial charge in [-0.15, -0.1) is 0 Å². The minimum absolute atomic E-state index is 0.215. The molecule has 0 aliphatic heterocycles. The number of hydrogen-bond acceptors (Lipinski definition) is 4. The van der Waals surface area contributed by atoms with Crippen molar-refractivity contribution in [1.29, 1.82) is 5.26 Å². The normalized spacial score (nSPS) is 11.1. The van der Waals surface area contributed by atoms with Crippen molar-refractivity contribution in [3.8, 4) is 11.8 Å². The Labute approximate surface area is 160 Å². The highest BCUT2D eigenvalue weighted by molar-refractivity contribution is 9.10. The molecule has 2 amide bonds. The lowest BCUT2D eigenvalue weighted by molar-refractivity contribution is -0.132. The Morgan fingerprint density at radius 2 is 1.92 bits per heavy atom. The Kier molecular flexibility index (Phi) is 7.18. The van der Waals surface area contributed by atoms with E-state index >= 15 is 0 Å². The van der Waals surface area contributed by atoms with Crippen LogP contribution in [-0.2, 0) is 16.0 Å². The molecule has 0 heterocycles. The van der Waals surface area contributed by atoms with E-state index in [0.29, 0.717) is 17.7 Å². The van der Waals surface area contributed by atoms with Crippen LogP contribution in [0.5, 0.6) is 5.75 Å². The summed E-state index contributed by atoms with van der Waals surface area (Å²) in [6.07, 6.45) is -0.0342. The molecule has 6 nitrogen and oxygen atoms in total. The molecule has 0 saturated carbocycles. The highest BCUT2D eigenvalue weighted by Crippen LogP contribution is 2.18. The third-order valence-electron chi connectivity index (χ3n) is 3.53. The Hall–Kier alpha value is -2.85. The molecule has 1 atom stereocenters. The molecule has 26 heavy (non-hydrogen) atoms. The van der Waals surface area contributed by atoms with Crippen LogP contribution in [0.15, 0.2) is 53.0 Å². The predicted molar refractivity (Wildman–Crippen MR) is 100.0 cm³/mol. The number of hydrogen-bond donors (Lipinski definition) is 2. The maximum absolute atomic E-state index is 12.0. The van der Waals surface area contributed by atoms with Gasteiger partial charge in [-0.3, -0.25) is 20.4 Å². The molecule has 0 bridgehead atoms. The van der Waals surface area contributed by atoms with Gasteiger partial charge in [-0.25, -0.2) is 0 Å². The summed E-state index contributed by atoms with van der Waals surface area (Å²) in [5, 5.41) is 8.75. The lowest BCUT2D eigenvalue weighted by Crippen LogP contribution is -2.47. The summed E-state index contributed by atoms with van der Waals surface area (Å²) in [4.78, 5) is 23.8. The molecular weight excluding hydrogens is 398 g/mol. The average molecular weight is 416 g/mol. The fourth-order valence-electron chi connectivity index (χ4n) is 2.10. The van der Waals surface area contributed by atoms with Crippen LogP contribution < -0.4 is 15.6 Å². The Morgan fingerprint density at radius 1 is 1.19 bits per heavy atom. The summed E-state index contributed by atoms with van der Waals surface area (Å²) in [5.41, 5.74) is 6.24. The summed E-state index contributed by atoms with van der Waals surface area (Å²) in [5.74, 6) is -0.205. The van der Waals surface area contributed by atoms with Crippen LogP contribution in [0, 0.1) is 11.3 Å². The topological polar surface area (TPSA) is 91.2 Å². The van der Waals surface area contributed by atoms with Crippen molar-refractivity contribution in [2.45, 2.75) is 25.9 Å². The standard InChI is InChI=1S/C19H18BrN3O3/c1-13(26-17-4-2-3-16(20)11-17)19(25)23-22-18(24)10-9-14-5-7-15(12-21)8-6-14/h2-8,11,13H,9-10H2,1H3,(H,22,24)(H,23,25). The third-order valence-corrected chi connectivity index (χ3v) is 4.02. The number of nitrogens with zero attached hydrogens (tertiary/aromatic N) is 1. The van der Waals surface area contributed by atoms with Crippen molar-refractivity contribution in [1.82, 2.24) is 10.9 Å². The smallest absolute Gasteiger partial charge is 0.279 e. The molecule has 0 aliphatic rings. The summed E-state index contributed by atoms with van der Waals surface area (Å²) in [6.45, 7) is 1.60. The number of hydrazine groups is 1. The van der Waals surface area contributed by atoms with E-state index in [1.165, 1.54) is 0 Å². The van der Waals surface area contributed by atoms with Gasteiger partial charge in [-0.1, -0.05) is 34.1 Å². The summed E-state index contributed by atoms with van der Waals surface area (Å²) < 4.78 is 6.37. The maximum Gasteiger partial charge on any atom is 0.279 e. The number of aryl methyl sites for hydroxylation is 1. The fourth-order valence-corrected chi connectivity index (χ4v) is 2.48. The molecule has 0 aromatic heterocycles. The lowest BCUT2D eigenvalue weighted by Gasteiger charge is -2.15. The molecule has 0 aliphatic carbocycles. The van der Waals surface area contributed by atoms with Crippen molar-refractivity contribution in [2.24, 2.45) is 0 Å². The maximum atomic E-state index is 12.0. The summed E-state index contributed by atoms with van der Waals surface area (Å²) in [7, 11) is 0. The third kappa shape index (κ3) is 6.22. The van der Waals surface area contributed by atoms with Gasteiger partial charge in [0.2, 0.25) is 5.91 Å². The molecule has 1 unspecified atom stereocenters. The summed E-state index contributed by atoms with van der Waals surface area (Å²) in [6, 6.07) is 16.2. The first-order chi connectivity index (χ1) is 12.5. The van der Waals surface area contributed by atoms with Crippen molar-refractivity contribution in [2.75, 3.05) is 0 Å². The van der Waals surface area contributed by atoms with E-state index in [1.54, 1.807) is 49.4 Å². The van der Waals surface area contributed by atoms with Gasteiger partial charge in [0.05, 0.1) is 11.6 Å². The molecule has 2 aromatic carbocycles. The number of ether oxygens (including phenoxy) is 1. The number of amides is 2. The Balaban J connectivity index is 1.73. The number of rotatable bonds is 6. The first-order valence-corrected chi connectivity index (χ1v) is 8.77. The van der Waals surface area contributed by atoms with E-state index in [-0.39, 0.29) is 12.3 Å². The zero-order valence-corrected chi connectivity index (χ0v) is 15.7. The van der Waals surface area contributed by atoms with Crippen LogP contribution in [0.3, 0.4) is 0 Å². The second kappa shape index (κ2) is 9.59. The number of carbonyl (C=O) groups excluding carboxylic acids is 2. The summed E-state index contributed by atoms with van der Waals surface area (Å²) >= 11 is 3.33. The predicted octanol–water partition coefficient (Wildman–Crippen LogP) is 2.87. The minimum atomic E-state index is -0.761. The van der Waals surface area contributed by atoms with Crippen molar-refractivity contribution >= 4 is 27.7 Å². The van der Waals surface area contributed by atoms with Gasteiger partial charge >= 0.3 is 0 Å². The van der Waals surface area contributed by atoms with Crippen LogP contribution in [0.4, 0.5) is 0 Å². The highest BCUT2D eigenvalue weighted by Gasteiger charge is 2.15. The number of nitriles is 1. The van der Waals surface area contributed by atoms with E-state index in [9.17, 15) is 9.59 Å². The zero-order valence-electron chi connectivity index (χ0n) is 14.2. The second-order valence-electron chi connectivity index (χ2n) is 5.56. The quantitative estimate of drug-likeness (QED) is 0.709. The van der Waals surface area contributed by atoms with E-state index in [2.05, 4.69) is 26.8 Å². The van der Waals surface area contributed by atoms with E-state index < -0.39 is 12.0 Å². The van der Waals surface area contributed by atoms with Crippen LogP contribution in [0.1, 0.15) is 24.5 Å². The van der Waals surface area contributed by atoms with E-state index in [0.717, 1.165) is 10.0 Å². The van der Waals surface area contributed by atoms with Crippen LogP contribution in [0.25, 0.3) is 0 Å². The first-order valence-electron chi connectivity index (χ1n) is 7.98. The molecule has 0 fully saturated rings. The van der Waals surface area contributed by atoms with Crippen molar-refractivity contribution < 1.29 is 14.3 Å². The van der Waals surface area contributed by atoms with Gasteiger partial charge in [0.15, 0.2) is 6.10 Å². The SMILES string of the molecule is CC(Oc1cccc(Br)c1)C(=O)NNC(=O)CCc1ccc(C#N)cc1. The van der Waals surface area contributed by atoms with Gasteiger partial charge < -0.3 is 4.74 Å². The van der Waals surface area contributed by atoms with E-state index in [1.807, 2.05) is 12.1 Å². The van der Waals surface area contributed by atoms with Gasteiger partial charge in [0.1, 0.15) is 5.75 Å². The van der Waals surface area contributed by atoms with Crippen LogP contribution in [-0.4, -0.2) is 17.9 Å². The number of nitrogens with one attached hydrogen (secondary N) is 2. The molecule has 7 heteroatoms. The zero-order chi connectivity index (χ0) is 18.9. The van der Waals surface area contributed by atoms with Gasteiger partial charge in [-0.2, -0.15) is 5.26 Å². The van der Waals surface area contributed by atoms with E-state index in [4.69, 9.17) is 10.00 Å². The molecule has 2 rings (SSSR count). The monoisotopic (exact) mass is 415 g/mol. The van der Waals surface area contributed by atoms with Crippen molar-refractivity contribution in [3.63, 3.8) is 0 Å². The molecule has 2 N–H and O–H groups in total. The highest BCUT2D eigenvalue weighted by atomic mass is 79.9. The lowest BCUT2D eigenvalue weighted by atomic mass is 10.1. The minimum Gasteiger partial charge on any atom is -0.481 e. The second-order valence-corrected chi connectivity index (χ2v) is 6.48. The first kappa shape index (κ1) is 19.5. The number of carbonyl (C=O) groups is 2. The van der Waals surface area contributed by atoms with Crippen molar-refractivity contribution in [3.05, 3.63) is 64.1 Å². The molecule has 0 radical (unpaired) electrons. The Bertz CT molecular complexity index is 816. The van der Waals surface area contributed by atoms with Crippen LogP contribution in [0.2, 0.25) is 0 Å². The largest absolute Gasteiger partial charge is 0.481 e. The molecule has 0 spiro atoms. The molecule has 134 valence electrons. The van der Waals surface area contributed by atoms with Gasteiger partial charge in [0, 0.05) is 10.9 Å². The Morgan fingerprint density at radius 3 is 2.58 bits per heavy atom.